The number of para-hydroxylation sites is 1. The van der Waals surface area contributed by atoms with E-state index in [1.54, 1.807) is 30.3 Å². The van der Waals surface area contributed by atoms with Gasteiger partial charge in [0, 0.05) is 5.56 Å². The number of halogens is 3. The van der Waals surface area contributed by atoms with Gasteiger partial charge in [0.15, 0.2) is 0 Å². The predicted octanol–water partition coefficient (Wildman–Crippen LogP) is 6.31. The van der Waals surface area contributed by atoms with Crippen LogP contribution in [-0.2, 0) is 9.53 Å². The van der Waals surface area contributed by atoms with Gasteiger partial charge in [-0.2, -0.15) is 13.2 Å². The molecule has 0 aromatic heterocycles. The topological polar surface area (TPSA) is 35.5 Å². The van der Waals surface area contributed by atoms with Gasteiger partial charge in [0.1, 0.15) is 11.5 Å². The summed E-state index contributed by atoms with van der Waals surface area (Å²) in [5.41, 5.74) is -0.984. The lowest BCUT2D eigenvalue weighted by Crippen LogP contribution is -2.27. The van der Waals surface area contributed by atoms with Gasteiger partial charge in [0.2, 0.25) is 6.10 Å². The fraction of sp³-hybridized carbons (Fsp3) is 0.409. The summed E-state index contributed by atoms with van der Waals surface area (Å²) in [5, 5.41) is 0. The summed E-state index contributed by atoms with van der Waals surface area (Å²) in [7, 11) is 0. The summed E-state index contributed by atoms with van der Waals surface area (Å²) in [6.45, 7) is 7.43. The third-order valence-electron chi connectivity index (χ3n) is 5.93. The zero-order chi connectivity index (χ0) is 20.7. The average Bonchev–Trinajstić information content (AvgIpc) is 3.01. The Hall–Kier alpha value is -2.50. The Morgan fingerprint density at radius 2 is 1.50 bits per heavy atom. The first kappa shape index (κ1) is 20.2. The molecule has 1 atom stereocenters. The van der Waals surface area contributed by atoms with E-state index in [4.69, 9.17) is 9.47 Å². The van der Waals surface area contributed by atoms with E-state index in [-0.39, 0.29) is 11.3 Å². The van der Waals surface area contributed by atoms with Crippen LogP contribution in [0.5, 0.6) is 11.5 Å². The van der Waals surface area contributed by atoms with E-state index in [1.807, 2.05) is 33.8 Å². The van der Waals surface area contributed by atoms with E-state index < -0.39 is 35.0 Å². The summed E-state index contributed by atoms with van der Waals surface area (Å²) in [6, 6.07) is 14.3. The first-order valence-corrected chi connectivity index (χ1v) is 9.04. The number of esters is 1. The van der Waals surface area contributed by atoms with Crippen LogP contribution in [0.1, 0.15) is 39.4 Å². The van der Waals surface area contributed by atoms with Crippen molar-refractivity contribution >= 4 is 5.97 Å². The summed E-state index contributed by atoms with van der Waals surface area (Å²) >= 11 is 0. The van der Waals surface area contributed by atoms with E-state index >= 15 is 0 Å². The van der Waals surface area contributed by atoms with Crippen LogP contribution in [-0.4, -0.2) is 12.1 Å². The van der Waals surface area contributed by atoms with Crippen molar-refractivity contribution in [3.63, 3.8) is 0 Å². The Morgan fingerprint density at radius 3 is 2.04 bits per heavy atom. The number of hydrogen-bond donors (Lipinski definition) is 0. The molecule has 1 aliphatic carbocycles. The number of ether oxygens (including phenoxy) is 2. The van der Waals surface area contributed by atoms with Gasteiger partial charge < -0.3 is 9.47 Å². The van der Waals surface area contributed by atoms with E-state index in [2.05, 4.69) is 0 Å². The largest absolute Gasteiger partial charge is 0.457 e. The number of carbonyl (C=O) groups excluding carboxylic acids is 1. The predicted molar refractivity (Wildman–Crippen MR) is 98.9 cm³/mol. The van der Waals surface area contributed by atoms with Crippen LogP contribution in [0.15, 0.2) is 54.6 Å². The molecule has 0 spiro atoms. The van der Waals surface area contributed by atoms with Gasteiger partial charge in [-0.15, -0.1) is 0 Å². The smallest absolute Gasteiger partial charge is 0.429 e. The fourth-order valence-electron chi connectivity index (χ4n) is 3.66. The van der Waals surface area contributed by atoms with E-state index in [0.717, 1.165) is 0 Å². The van der Waals surface area contributed by atoms with Gasteiger partial charge in [0.25, 0.3) is 0 Å². The summed E-state index contributed by atoms with van der Waals surface area (Å²) in [5.74, 6) is -0.664. The average molecular weight is 392 g/mol. The molecule has 28 heavy (non-hydrogen) atoms. The van der Waals surface area contributed by atoms with Crippen LogP contribution in [0.4, 0.5) is 13.2 Å². The Labute approximate surface area is 162 Å². The van der Waals surface area contributed by atoms with Crippen molar-refractivity contribution in [1.29, 1.82) is 0 Å². The lowest BCUT2D eigenvalue weighted by Gasteiger charge is -2.22. The molecule has 0 N–H and O–H groups in total. The third kappa shape index (κ3) is 3.73. The van der Waals surface area contributed by atoms with E-state index in [9.17, 15) is 18.0 Å². The minimum absolute atomic E-state index is 0.175. The van der Waals surface area contributed by atoms with Gasteiger partial charge in [-0.25, -0.2) is 0 Å². The van der Waals surface area contributed by atoms with Crippen molar-refractivity contribution in [3.05, 3.63) is 60.2 Å². The van der Waals surface area contributed by atoms with Crippen LogP contribution in [0.25, 0.3) is 0 Å². The molecule has 2 aromatic rings. The maximum absolute atomic E-state index is 13.7. The number of hydrogen-bond acceptors (Lipinski definition) is 3. The van der Waals surface area contributed by atoms with E-state index in [0.29, 0.717) is 5.75 Å². The molecular formula is C22H23F3O3. The highest BCUT2D eigenvalue weighted by Crippen LogP contribution is 2.69. The summed E-state index contributed by atoms with van der Waals surface area (Å²) in [4.78, 5) is 12.5. The normalized spacial score (nSPS) is 19.0. The van der Waals surface area contributed by atoms with Crippen molar-refractivity contribution in [3.8, 4) is 11.5 Å². The van der Waals surface area contributed by atoms with Crippen molar-refractivity contribution in [2.45, 2.75) is 40.0 Å². The van der Waals surface area contributed by atoms with Crippen molar-refractivity contribution < 1.29 is 27.4 Å². The third-order valence-corrected chi connectivity index (χ3v) is 5.93. The fourth-order valence-corrected chi connectivity index (χ4v) is 3.66. The van der Waals surface area contributed by atoms with Gasteiger partial charge in [-0.1, -0.05) is 58.0 Å². The first-order valence-electron chi connectivity index (χ1n) is 9.04. The first-order chi connectivity index (χ1) is 12.9. The monoisotopic (exact) mass is 392 g/mol. The van der Waals surface area contributed by atoms with E-state index in [1.165, 1.54) is 18.2 Å². The maximum atomic E-state index is 13.7. The maximum Gasteiger partial charge on any atom is 0.429 e. The second-order valence-corrected chi connectivity index (χ2v) is 8.22. The molecule has 0 bridgehead atoms. The number of alkyl halides is 3. The highest BCUT2D eigenvalue weighted by atomic mass is 19.4. The SMILES string of the molecule is CC1(C)C(C(=O)OC(c2cccc(Oc3ccccc3)c2)C(F)(F)F)C1(C)C. The molecule has 0 heterocycles. The molecule has 1 unspecified atom stereocenters. The summed E-state index contributed by atoms with van der Waals surface area (Å²) in [6.07, 6.45) is -7.07. The number of benzene rings is 2. The lowest BCUT2D eigenvalue weighted by molar-refractivity contribution is -0.225. The molecule has 0 aliphatic heterocycles. The van der Waals surface area contributed by atoms with Crippen LogP contribution in [0.2, 0.25) is 0 Å². The van der Waals surface area contributed by atoms with Crippen LogP contribution in [0.3, 0.4) is 0 Å². The number of carbonyl (C=O) groups is 1. The molecule has 3 nitrogen and oxygen atoms in total. The van der Waals surface area contributed by atoms with Crippen molar-refractivity contribution in [1.82, 2.24) is 0 Å². The van der Waals surface area contributed by atoms with Gasteiger partial charge in [-0.3, -0.25) is 4.79 Å². The van der Waals surface area contributed by atoms with Crippen LogP contribution >= 0.6 is 0 Å². The second-order valence-electron chi connectivity index (χ2n) is 8.22. The molecule has 0 saturated heterocycles. The standard InChI is InChI=1S/C22H23F3O3/c1-20(2)17(21(20,3)4)19(26)28-18(22(23,24)25)14-9-8-12-16(13-14)27-15-10-6-5-7-11-15/h5-13,17-18H,1-4H3. The summed E-state index contributed by atoms with van der Waals surface area (Å²) < 4.78 is 51.6. The number of rotatable bonds is 5. The van der Waals surface area contributed by atoms with Crippen LogP contribution < -0.4 is 4.74 Å². The molecular weight excluding hydrogens is 369 g/mol. The molecule has 1 saturated carbocycles. The molecule has 3 rings (SSSR count). The molecule has 0 radical (unpaired) electrons. The van der Waals surface area contributed by atoms with Gasteiger partial charge in [-0.05, 0) is 35.1 Å². The minimum Gasteiger partial charge on any atom is -0.457 e. The molecule has 0 amide bonds. The highest BCUT2D eigenvalue weighted by molar-refractivity contribution is 5.79. The van der Waals surface area contributed by atoms with Gasteiger partial charge in [0.05, 0.1) is 5.92 Å². The Bertz CT molecular complexity index is 843. The Kier molecular flexibility index (Phi) is 4.94. The molecule has 150 valence electrons. The van der Waals surface area contributed by atoms with Crippen LogP contribution in [0, 0.1) is 16.7 Å². The zero-order valence-electron chi connectivity index (χ0n) is 16.2. The quantitative estimate of drug-likeness (QED) is 0.560. The minimum atomic E-state index is -4.73. The van der Waals surface area contributed by atoms with Crippen molar-refractivity contribution in [2.24, 2.45) is 16.7 Å². The highest BCUT2D eigenvalue weighted by Gasteiger charge is 2.69. The molecule has 1 fully saturated rings. The molecule has 6 heteroatoms. The second kappa shape index (κ2) is 6.83. The Morgan fingerprint density at radius 1 is 0.929 bits per heavy atom. The Balaban J connectivity index is 1.83. The lowest BCUT2D eigenvalue weighted by atomic mass is 10.0. The van der Waals surface area contributed by atoms with Crippen molar-refractivity contribution in [2.75, 3.05) is 0 Å². The zero-order valence-corrected chi connectivity index (χ0v) is 16.2. The molecule has 2 aromatic carbocycles. The molecule has 1 aliphatic rings. The van der Waals surface area contributed by atoms with Gasteiger partial charge >= 0.3 is 12.1 Å².